The Kier molecular flexibility index (Phi) is 6.97. The second-order valence-corrected chi connectivity index (χ2v) is 8.73. The van der Waals surface area contributed by atoms with Crippen molar-refractivity contribution in [2.75, 3.05) is 11.4 Å². The Morgan fingerprint density at radius 2 is 1.94 bits per heavy atom. The van der Waals surface area contributed by atoms with E-state index >= 15 is 0 Å². The Morgan fingerprint density at radius 3 is 2.58 bits per heavy atom. The molecule has 1 aromatic carbocycles. The van der Waals surface area contributed by atoms with Gasteiger partial charge in [-0.25, -0.2) is 19.3 Å². The molecule has 174 valence electrons. The van der Waals surface area contributed by atoms with E-state index in [2.05, 4.69) is 15.3 Å². The predicted molar refractivity (Wildman–Crippen MR) is 123 cm³/mol. The zero-order chi connectivity index (χ0) is 24.9. The number of carbonyl (C=O) groups is 2. The van der Waals surface area contributed by atoms with Crippen molar-refractivity contribution in [1.82, 2.24) is 20.0 Å². The fraction of sp³-hybridized carbons (Fsp3) is 0.375. The number of pyridine rings is 1. The minimum Gasteiger partial charge on any atom is -0.478 e. The lowest BCUT2D eigenvalue weighted by Gasteiger charge is -2.27. The van der Waals surface area contributed by atoms with Crippen molar-refractivity contribution in [3.8, 4) is 0 Å². The number of hydrogen-bond donors (Lipinski definition) is 1. The van der Waals surface area contributed by atoms with Crippen LogP contribution in [0.2, 0.25) is 0 Å². The highest BCUT2D eigenvalue weighted by Gasteiger charge is 2.24. The van der Waals surface area contributed by atoms with E-state index in [-0.39, 0.29) is 11.7 Å². The first-order chi connectivity index (χ1) is 16.0. The minimum atomic E-state index is -0.989. The number of aromatic carboxylic acids is 1. The smallest absolute Gasteiger partial charge is 0.416 e. The van der Waals surface area contributed by atoms with Gasteiger partial charge in [-0.15, -0.1) is 5.10 Å². The van der Waals surface area contributed by atoms with E-state index in [0.29, 0.717) is 37.4 Å². The van der Waals surface area contributed by atoms with Crippen LogP contribution in [0, 0.1) is 6.92 Å². The van der Waals surface area contributed by atoms with E-state index in [9.17, 15) is 9.59 Å². The van der Waals surface area contributed by atoms with Gasteiger partial charge in [0, 0.05) is 18.9 Å². The number of rotatable bonds is 8. The molecule has 0 bridgehead atoms. The summed E-state index contributed by atoms with van der Waals surface area (Å²) in [7, 11) is 0. The van der Waals surface area contributed by atoms with Crippen LogP contribution in [0.4, 0.5) is 10.6 Å². The Labute approximate surface area is 194 Å². The molecule has 2 heterocycles. The molecule has 1 N–H and O–H groups in total. The standard InChI is InChI=1S/C24H29N5O4/c1-17-11-12-25-21(14-17)29(23(32)33-24(2,3)4)13-5-6-20-16-28(27-26-20)15-18-7-9-19(10-8-18)22(30)31/h7-12,14,16H,5-6,13,15H2,1-4H3,(H,30,31)/i16D. The highest BCUT2D eigenvalue weighted by Crippen LogP contribution is 2.18. The van der Waals surface area contributed by atoms with Gasteiger partial charge in [0.2, 0.25) is 0 Å². The van der Waals surface area contributed by atoms with Crippen molar-refractivity contribution >= 4 is 17.9 Å². The van der Waals surface area contributed by atoms with Crippen molar-refractivity contribution in [2.24, 2.45) is 0 Å². The molecule has 3 aromatic rings. The Balaban J connectivity index is 1.66. The van der Waals surface area contributed by atoms with Gasteiger partial charge in [0.1, 0.15) is 11.4 Å². The van der Waals surface area contributed by atoms with E-state index in [1.54, 1.807) is 18.3 Å². The molecule has 3 rings (SSSR count). The van der Waals surface area contributed by atoms with E-state index < -0.39 is 17.7 Å². The topological polar surface area (TPSA) is 110 Å². The summed E-state index contributed by atoms with van der Waals surface area (Å²) < 4.78 is 15.4. The third kappa shape index (κ3) is 7.13. The highest BCUT2D eigenvalue weighted by atomic mass is 16.6. The Morgan fingerprint density at radius 1 is 1.21 bits per heavy atom. The molecule has 0 unspecified atom stereocenters. The fourth-order valence-corrected chi connectivity index (χ4v) is 3.09. The lowest BCUT2D eigenvalue weighted by Crippen LogP contribution is -2.38. The Bertz CT molecular complexity index is 1150. The summed E-state index contributed by atoms with van der Waals surface area (Å²) in [6, 6.07) is 10.1. The third-order valence-corrected chi connectivity index (χ3v) is 4.65. The van der Waals surface area contributed by atoms with Gasteiger partial charge in [0.05, 0.1) is 19.2 Å². The maximum atomic E-state index is 12.8. The summed E-state index contributed by atoms with van der Waals surface area (Å²) in [4.78, 5) is 29.6. The zero-order valence-corrected chi connectivity index (χ0v) is 19.3. The van der Waals surface area contributed by atoms with Crippen LogP contribution in [0.1, 0.15) is 55.7 Å². The SMILES string of the molecule is [2H]c1c(CCCN(C(=O)OC(C)(C)C)c2cc(C)ccn2)nnn1Cc1ccc(C(=O)O)cc1. The first kappa shape index (κ1) is 22.4. The van der Waals surface area contributed by atoms with Crippen LogP contribution in [0.3, 0.4) is 0 Å². The number of anilines is 1. The van der Waals surface area contributed by atoms with Crippen molar-refractivity contribution in [1.29, 1.82) is 0 Å². The van der Waals surface area contributed by atoms with E-state index in [1.807, 2.05) is 39.8 Å². The van der Waals surface area contributed by atoms with Gasteiger partial charge in [0.15, 0.2) is 0 Å². The molecule has 0 saturated carbocycles. The molecular weight excluding hydrogens is 422 g/mol. The summed E-state index contributed by atoms with van der Waals surface area (Å²) in [6.07, 6.45) is 2.33. The van der Waals surface area contributed by atoms with Crippen LogP contribution < -0.4 is 4.90 Å². The molecule has 0 radical (unpaired) electrons. The van der Waals surface area contributed by atoms with E-state index in [1.165, 1.54) is 21.7 Å². The number of carbonyl (C=O) groups excluding carboxylic acids is 1. The third-order valence-electron chi connectivity index (χ3n) is 4.65. The molecule has 9 nitrogen and oxygen atoms in total. The summed E-state index contributed by atoms with van der Waals surface area (Å²) in [5, 5.41) is 17.2. The van der Waals surface area contributed by atoms with Crippen LogP contribution in [0.5, 0.6) is 0 Å². The molecule has 0 aliphatic rings. The molecule has 0 saturated heterocycles. The molecule has 0 fully saturated rings. The average molecular weight is 453 g/mol. The van der Waals surface area contributed by atoms with Gasteiger partial charge in [0.25, 0.3) is 0 Å². The van der Waals surface area contributed by atoms with Crippen molar-refractivity contribution in [3.63, 3.8) is 0 Å². The number of benzene rings is 1. The van der Waals surface area contributed by atoms with Crippen molar-refractivity contribution in [3.05, 3.63) is 71.2 Å². The number of carboxylic acids is 1. The van der Waals surface area contributed by atoms with Gasteiger partial charge >= 0.3 is 12.1 Å². The van der Waals surface area contributed by atoms with Crippen LogP contribution in [-0.4, -0.2) is 49.3 Å². The van der Waals surface area contributed by atoms with Crippen LogP contribution in [-0.2, 0) is 17.7 Å². The zero-order valence-electron chi connectivity index (χ0n) is 20.3. The first-order valence-electron chi connectivity index (χ1n) is 11.2. The molecular formula is C24H29N5O4. The average Bonchev–Trinajstić information content (AvgIpc) is 3.09. The van der Waals surface area contributed by atoms with Gasteiger partial charge in [-0.2, -0.15) is 0 Å². The maximum Gasteiger partial charge on any atom is 0.416 e. The minimum absolute atomic E-state index is 0.180. The van der Waals surface area contributed by atoms with E-state index in [0.717, 1.165) is 11.1 Å². The van der Waals surface area contributed by atoms with E-state index in [4.69, 9.17) is 11.2 Å². The molecule has 1 amide bonds. The number of hydrogen-bond acceptors (Lipinski definition) is 6. The summed E-state index contributed by atoms with van der Waals surface area (Å²) >= 11 is 0. The molecule has 33 heavy (non-hydrogen) atoms. The number of nitrogens with zero attached hydrogens (tertiary/aromatic N) is 5. The normalized spacial score (nSPS) is 11.7. The van der Waals surface area contributed by atoms with Gasteiger partial charge in [-0.3, -0.25) is 4.90 Å². The van der Waals surface area contributed by atoms with Gasteiger partial charge in [-0.05, 0) is 75.9 Å². The lowest BCUT2D eigenvalue weighted by molar-refractivity contribution is 0.0577. The van der Waals surface area contributed by atoms with Crippen LogP contribution in [0.25, 0.3) is 0 Å². The van der Waals surface area contributed by atoms with Crippen molar-refractivity contribution in [2.45, 2.75) is 52.7 Å². The van der Waals surface area contributed by atoms with Crippen LogP contribution in [0.15, 0.2) is 48.8 Å². The quantitative estimate of drug-likeness (QED) is 0.548. The summed E-state index contributed by atoms with van der Waals surface area (Å²) in [5.41, 5.74) is 1.87. The fourth-order valence-electron chi connectivity index (χ4n) is 3.09. The van der Waals surface area contributed by atoms with Gasteiger partial charge < -0.3 is 9.84 Å². The Hall–Kier alpha value is -3.75. The lowest BCUT2D eigenvalue weighted by atomic mass is 10.1. The maximum absolute atomic E-state index is 12.8. The molecule has 2 aromatic heterocycles. The van der Waals surface area contributed by atoms with Crippen LogP contribution >= 0.6 is 0 Å². The molecule has 0 aliphatic carbocycles. The van der Waals surface area contributed by atoms with Gasteiger partial charge in [-0.1, -0.05) is 17.3 Å². The predicted octanol–water partition coefficient (Wildman–Crippen LogP) is 4.10. The largest absolute Gasteiger partial charge is 0.478 e. The second kappa shape index (κ2) is 10.2. The molecule has 0 spiro atoms. The summed E-state index contributed by atoms with van der Waals surface area (Å²) in [6.45, 7) is 8.02. The monoisotopic (exact) mass is 452 g/mol. The highest BCUT2D eigenvalue weighted by molar-refractivity contribution is 5.87. The number of aromatic nitrogens is 4. The number of carboxylic acid groups (broad SMARTS) is 1. The summed E-state index contributed by atoms with van der Waals surface area (Å²) in [5.74, 6) is -0.481. The second-order valence-electron chi connectivity index (χ2n) is 8.73. The number of aryl methyl sites for hydroxylation is 2. The number of amides is 1. The molecule has 0 atom stereocenters. The van der Waals surface area contributed by atoms with Crippen molar-refractivity contribution < 1.29 is 20.8 Å². The molecule has 0 aliphatic heterocycles. The molecule has 9 heteroatoms. The number of ether oxygens (including phenoxy) is 1. The first-order valence-corrected chi connectivity index (χ1v) is 10.7.